The fourth-order valence-corrected chi connectivity index (χ4v) is 1.97. The van der Waals surface area contributed by atoms with E-state index in [0.29, 0.717) is 5.75 Å². The van der Waals surface area contributed by atoms with Gasteiger partial charge in [0, 0.05) is 0 Å². The average molecular weight is 335 g/mol. The van der Waals surface area contributed by atoms with Crippen molar-refractivity contribution in [3.63, 3.8) is 0 Å². The Bertz CT molecular complexity index is 609. The van der Waals surface area contributed by atoms with E-state index in [1.165, 1.54) is 5.56 Å². The lowest BCUT2D eigenvalue weighted by atomic mass is 9.86. The topological polar surface area (TPSA) is 64.6 Å². The Morgan fingerprint density at radius 3 is 2.12 bits per heavy atom. The highest BCUT2D eigenvalue weighted by Crippen LogP contribution is 2.27. The van der Waals surface area contributed by atoms with Gasteiger partial charge in [-0.3, -0.25) is 0 Å². The first-order valence-electron chi connectivity index (χ1n) is 8.12. The van der Waals surface area contributed by atoms with Crippen LogP contribution in [0.15, 0.2) is 18.2 Å². The molecule has 1 aromatic carbocycles. The van der Waals surface area contributed by atoms with E-state index in [4.69, 9.17) is 9.47 Å². The summed E-state index contributed by atoms with van der Waals surface area (Å²) in [6.45, 7) is 15.1. The molecular formula is C19H29NO4. The normalized spacial score (nSPS) is 13.2. The lowest BCUT2D eigenvalue weighted by molar-refractivity contribution is -0.136. The van der Waals surface area contributed by atoms with E-state index in [1.54, 1.807) is 33.8 Å². The summed E-state index contributed by atoms with van der Waals surface area (Å²) >= 11 is 0. The molecule has 0 spiro atoms. The van der Waals surface area contributed by atoms with Crippen molar-refractivity contribution in [3.05, 3.63) is 29.3 Å². The van der Waals surface area contributed by atoms with Gasteiger partial charge in [0.2, 0.25) is 0 Å². The van der Waals surface area contributed by atoms with Crippen molar-refractivity contribution in [3.8, 4) is 5.75 Å². The zero-order valence-electron chi connectivity index (χ0n) is 15.9. The van der Waals surface area contributed by atoms with E-state index in [0.717, 1.165) is 5.56 Å². The average Bonchev–Trinajstić information content (AvgIpc) is 2.37. The number of ether oxygens (including phenoxy) is 2. The second-order valence-electron chi connectivity index (χ2n) is 8.02. The summed E-state index contributed by atoms with van der Waals surface area (Å²) in [6.07, 6.45) is -0.647. The van der Waals surface area contributed by atoms with Crippen LogP contribution in [-0.4, -0.2) is 23.7 Å². The molecule has 1 amide bonds. The first kappa shape index (κ1) is 20.0. The van der Waals surface area contributed by atoms with Gasteiger partial charge in [-0.15, -0.1) is 0 Å². The number of aryl methyl sites for hydroxylation is 1. The molecule has 0 saturated heterocycles. The van der Waals surface area contributed by atoms with Gasteiger partial charge >= 0.3 is 12.1 Å². The minimum atomic E-state index is -0.804. The molecule has 134 valence electrons. The van der Waals surface area contributed by atoms with Crippen LogP contribution >= 0.6 is 0 Å². The number of carbonyl (C=O) groups is 2. The highest BCUT2D eigenvalue weighted by atomic mass is 16.6. The van der Waals surface area contributed by atoms with Crippen LogP contribution in [0.1, 0.15) is 59.6 Å². The number of hydrogen-bond acceptors (Lipinski definition) is 4. The minimum Gasteiger partial charge on any atom is -0.444 e. The first-order chi connectivity index (χ1) is 10.8. The Hall–Kier alpha value is -2.04. The monoisotopic (exact) mass is 335 g/mol. The number of hydrogen-bond donors (Lipinski definition) is 1. The van der Waals surface area contributed by atoms with Crippen molar-refractivity contribution in [2.24, 2.45) is 0 Å². The van der Waals surface area contributed by atoms with Crippen molar-refractivity contribution in [2.75, 3.05) is 0 Å². The molecule has 1 unspecified atom stereocenters. The summed E-state index contributed by atoms with van der Waals surface area (Å²) in [4.78, 5) is 23.9. The fraction of sp³-hybridized carbons (Fsp3) is 0.579. The van der Waals surface area contributed by atoms with Crippen LogP contribution in [0.5, 0.6) is 5.75 Å². The van der Waals surface area contributed by atoms with Crippen molar-refractivity contribution in [1.29, 1.82) is 0 Å². The highest BCUT2D eigenvalue weighted by molar-refractivity contribution is 5.82. The van der Waals surface area contributed by atoms with Gasteiger partial charge < -0.3 is 14.8 Å². The van der Waals surface area contributed by atoms with Crippen LogP contribution in [-0.2, 0) is 14.9 Å². The Morgan fingerprint density at radius 1 is 1.08 bits per heavy atom. The Labute approximate surface area is 144 Å². The number of alkyl carbamates (subject to hydrolysis) is 1. The molecule has 0 fully saturated rings. The second kappa shape index (κ2) is 7.24. The van der Waals surface area contributed by atoms with E-state index >= 15 is 0 Å². The number of carbonyl (C=O) groups excluding carboxylic acids is 2. The van der Waals surface area contributed by atoms with E-state index in [1.807, 2.05) is 19.1 Å². The summed E-state index contributed by atoms with van der Waals surface area (Å²) in [7, 11) is 0. The fourth-order valence-electron chi connectivity index (χ4n) is 1.97. The molecule has 0 aliphatic carbocycles. The quantitative estimate of drug-likeness (QED) is 0.667. The zero-order chi connectivity index (χ0) is 18.7. The lowest BCUT2D eigenvalue weighted by Crippen LogP contribution is -2.43. The van der Waals surface area contributed by atoms with Crippen LogP contribution in [0.4, 0.5) is 4.79 Å². The molecule has 0 aromatic heterocycles. The third kappa shape index (κ3) is 6.22. The van der Waals surface area contributed by atoms with E-state index in [9.17, 15) is 9.59 Å². The largest absolute Gasteiger partial charge is 0.444 e. The SMILES string of the molecule is Cc1cc(C(C)(C)C)ccc1OC(=O)C(C)NC(=O)OC(C)(C)C. The van der Waals surface area contributed by atoms with E-state index in [2.05, 4.69) is 26.1 Å². The van der Waals surface area contributed by atoms with Crippen molar-refractivity contribution in [2.45, 2.75) is 72.4 Å². The van der Waals surface area contributed by atoms with Crippen LogP contribution in [0.25, 0.3) is 0 Å². The smallest absolute Gasteiger partial charge is 0.408 e. The van der Waals surface area contributed by atoms with Crippen LogP contribution < -0.4 is 10.1 Å². The van der Waals surface area contributed by atoms with E-state index in [-0.39, 0.29) is 5.41 Å². The molecular weight excluding hydrogens is 306 g/mol. The maximum atomic E-state index is 12.2. The maximum Gasteiger partial charge on any atom is 0.408 e. The summed E-state index contributed by atoms with van der Waals surface area (Å²) < 4.78 is 10.5. The zero-order valence-corrected chi connectivity index (χ0v) is 15.9. The number of amides is 1. The van der Waals surface area contributed by atoms with Crippen molar-refractivity contribution >= 4 is 12.1 Å². The van der Waals surface area contributed by atoms with Gasteiger partial charge in [-0.2, -0.15) is 0 Å². The molecule has 1 atom stereocenters. The predicted molar refractivity (Wildman–Crippen MR) is 94.3 cm³/mol. The van der Waals surface area contributed by atoms with Crippen molar-refractivity contribution < 1.29 is 19.1 Å². The highest BCUT2D eigenvalue weighted by Gasteiger charge is 2.23. The molecule has 0 saturated carbocycles. The summed E-state index contributed by atoms with van der Waals surface area (Å²) in [5.41, 5.74) is 1.45. The van der Waals surface area contributed by atoms with Gasteiger partial charge in [-0.05, 0) is 57.2 Å². The minimum absolute atomic E-state index is 0.0266. The molecule has 0 aliphatic rings. The summed E-state index contributed by atoms with van der Waals surface area (Å²) in [5, 5.41) is 2.48. The van der Waals surface area contributed by atoms with Gasteiger partial charge in [0.15, 0.2) is 0 Å². The van der Waals surface area contributed by atoms with Gasteiger partial charge in [-0.25, -0.2) is 9.59 Å². The molecule has 1 rings (SSSR count). The molecule has 5 heteroatoms. The number of esters is 1. The molecule has 0 radical (unpaired) electrons. The molecule has 0 aliphatic heterocycles. The summed E-state index contributed by atoms with van der Waals surface area (Å²) in [5.74, 6) is -0.0432. The molecule has 0 bridgehead atoms. The predicted octanol–water partition coefficient (Wildman–Crippen LogP) is 4.11. The van der Waals surface area contributed by atoms with Gasteiger partial charge in [0.1, 0.15) is 17.4 Å². The summed E-state index contributed by atoms with van der Waals surface area (Å²) in [6, 6.07) is 4.94. The van der Waals surface area contributed by atoms with Crippen LogP contribution in [0, 0.1) is 6.92 Å². The van der Waals surface area contributed by atoms with Gasteiger partial charge in [0.05, 0.1) is 0 Å². The van der Waals surface area contributed by atoms with Gasteiger partial charge in [-0.1, -0.05) is 32.9 Å². The Morgan fingerprint density at radius 2 is 1.67 bits per heavy atom. The van der Waals surface area contributed by atoms with Crippen LogP contribution in [0.2, 0.25) is 0 Å². The third-order valence-electron chi connectivity index (χ3n) is 3.34. The molecule has 24 heavy (non-hydrogen) atoms. The van der Waals surface area contributed by atoms with Gasteiger partial charge in [0.25, 0.3) is 0 Å². The van der Waals surface area contributed by atoms with Crippen LogP contribution in [0.3, 0.4) is 0 Å². The maximum absolute atomic E-state index is 12.2. The first-order valence-corrected chi connectivity index (χ1v) is 8.12. The molecule has 5 nitrogen and oxygen atoms in total. The number of nitrogens with one attached hydrogen (secondary N) is 1. The second-order valence-corrected chi connectivity index (χ2v) is 8.02. The standard InChI is InChI=1S/C19H29NO4/c1-12-11-14(18(3,4)5)9-10-15(12)23-16(21)13(2)20-17(22)24-19(6,7)8/h9-11,13H,1-8H3,(H,20,22). The lowest BCUT2D eigenvalue weighted by Gasteiger charge is -2.22. The molecule has 1 N–H and O–H groups in total. The number of rotatable bonds is 3. The molecule has 0 heterocycles. The third-order valence-corrected chi connectivity index (χ3v) is 3.34. The number of benzene rings is 1. The van der Waals surface area contributed by atoms with Crippen molar-refractivity contribution in [1.82, 2.24) is 5.32 Å². The Kier molecular flexibility index (Phi) is 6.04. The molecule has 1 aromatic rings. The Balaban J connectivity index is 2.72. The van der Waals surface area contributed by atoms with E-state index < -0.39 is 23.7 Å².